The van der Waals surface area contributed by atoms with Crippen LogP contribution in [0.25, 0.3) is 22.0 Å². The number of hydrogen-bond donors (Lipinski definition) is 3. The maximum absolute atomic E-state index is 6.09. The Hall–Kier alpha value is -3.78. The van der Waals surface area contributed by atoms with Gasteiger partial charge in [-0.15, -0.1) is 0 Å². The Kier molecular flexibility index (Phi) is 3.56. The van der Waals surface area contributed by atoms with Crippen LogP contribution in [0.15, 0.2) is 60.8 Å². The van der Waals surface area contributed by atoms with Crippen LogP contribution in [0.1, 0.15) is 11.1 Å². The predicted molar refractivity (Wildman–Crippen MR) is 101 cm³/mol. The van der Waals surface area contributed by atoms with Crippen molar-refractivity contribution in [2.75, 3.05) is 11.5 Å². The van der Waals surface area contributed by atoms with Crippen molar-refractivity contribution in [1.29, 1.82) is 0 Å². The number of H-pyrrole nitrogens is 1. The standard InChI is InChI=1S/C20H15N5/c21-19-16(8-6-13-4-2-1-3-5-13)15(10-11-23-19)14-7-9-18-17(12-14)20(22)25-24-18/h1-5,7,9-12H,(H2,21,23)(H3,22,24,25). The average molecular weight is 325 g/mol. The highest BCUT2D eigenvalue weighted by atomic mass is 15.1. The second kappa shape index (κ2) is 6.02. The molecule has 0 amide bonds. The number of rotatable bonds is 1. The Bertz CT molecular complexity index is 1120. The molecule has 0 atom stereocenters. The summed E-state index contributed by atoms with van der Waals surface area (Å²) in [6.07, 6.45) is 1.68. The maximum Gasteiger partial charge on any atom is 0.153 e. The summed E-state index contributed by atoms with van der Waals surface area (Å²) >= 11 is 0. The van der Waals surface area contributed by atoms with Crippen molar-refractivity contribution in [3.63, 3.8) is 0 Å². The Morgan fingerprint density at radius 2 is 1.72 bits per heavy atom. The Labute approximate surface area is 144 Å². The van der Waals surface area contributed by atoms with Gasteiger partial charge in [-0.1, -0.05) is 36.1 Å². The molecule has 120 valence electrons. The van der Waals surface area contributed by atoms with E-state index in [2.05, 4.69) is 27.0 Å². The molecular weight excluding hydrogens is 310 g/mol. The average Bonchev–Trinajstić information content (AvgIpc) is 3.02. The lowest BCUT2D eigenvalue weighted by molar-refractivity contribution is 1.13. The molecule has 0 spiro atoms. The van der Waals surface area contributed by atoms with E-state index in [1.54, 1.807) is 6.20 Å². The van der Waals surface area contributed by atoms with Gasteiger partial charge in [0.2, 0.25) is 0 Å². The molecule has 0 radical (unpaired) electrons. The van der Waals surface area contributed by atoms with Crippen LogP contribution in [0.3, 0.4) is 0 Å². The number of nitrogens with zero attached hydrogens (tertiary/aromatic N) is 2. The summed E-state index contributed by atoms with van der Waals surface area (Å²) in [7, 11) is 0. The van der Waals surface area contributed by atoms with Crippen LogP contribution in [0.4, 0.5) is 11.6 Å². The molecule has 4 rings (SSSR count). The van der Waals surface area contributed by atoms with Gasteiger partial charge >= 0.3 is 0 Å². The number of nitrogens with two attached hydrogens (primary N) is 2. The summed E-state index contributed by atoms with van der Waals surface area (Å²) in [6, 6.07) is 17.6. The first kappa shape index (κ1) is 14.8. The van der Waals surface area contributed by atoms with Crippen molar-refractivity contribution < 1.29 is 0 Å². The summed E-state index contributed by atoms with van der Waals surface area (Å²) in [5, 5.41) is 7.80. The lowest BCUT2D eigenvalue weighted by Gasteiger charge is -2.07. The minimum Gasteiger partial charge on any atom is -0.383 e. The quantitative estimate of drug-likeness (QED) is 0.469. The third kappa shape index (κ3) is 2.77. The van der Waals surface area contributed by atoms with Crippen LogP contribution in [-0.4, -0.2) is 15.2 Å². The van der Waals surface area contributed by atoms with Crippen molar-refractivity contribution in [3.05, 3.63) is 71.9 Å². The number of fused-ring (bicyclic) bond motifs is 1. The number of benzene rings is 2. The van der Waals surface area contributed by atoms with Gasteiger partial charge in [-0.3, -0.25) is 5.10 Å². The molecule has 0 fully saturated rings. The Morgan fingerprint density at radius 3 is 2.56 bits per heavy atom. The number of hydrogen-bond acceptors (Lipinski definition) is 4. The molecule has 0 saturated heterocycles. The van der Waals surface area contributed by atoms with E-state index in [9.17, 15) is 0 Å². The molecule has 0 aliphatic carbocycles. The molecule has 4 aromatic rings. The first-order chi connectivity index (χ1) is 12.2. The van der Waals surface area contributed by atoms with E-state index in [1.165, 1.54) is 0 Å². The zero-order valence-electron chi connectivity index (χ0n) is 13.3. The van der Waals surface area contributed by atoms with E-state index in [4.69, 9.17) is 11.5 Å². The van der Waals surface area contributed by atoms with Crippen molar-refractivity contribution in [2.24, 2.45) is 0 Å². The van der Waals surface area contributed by atoms with Gasteiger partial charge in [-0.25, -0.2) is 4.98 Å². The summed E-state index contributed by atoms with van der Waals surface area (Å²) in [6.45, 7) is 0. The predicted octanol–water partition coefficient (Wildman–Crippen LogP) is 3.19. The fraction of sp³-hybridized carbons (Fsp3) is 0. The topological polar surface area (TPSA) is 93.6 Å². The molecule has 0 saturated carbocycles. The van der Waals surface area contributed by atoms with Crippen molar-refractivity contribution in [1.82, 2.24) is 15.2 Å². The number of anilines is 2. The monoisotopic (exact) mass is 325 g/mol. The molecule has 2 aromatic carbocycles. The van der Waals surface area contributed by atoms with Crippen molar-refractivity contribution in [2.45, 2.75) is 0 Å². The van der Waals surface area contributed by atoms with Crippen LogP contribution < -0.4 is 11.5 Å². The molecule has 0 aliphatic heterocycles. The molecule has 25 heavy (non-hydrogen) atoms. The van der Waals surface area contributed by atoms with Crippen molar-refractivity contribution >= 4 is 22.5 Å². The Balaban J connectivity index is 1.86. The maximum atomic E-state index is 6.09. The zero-order valence-corrected chi connectivity index (χ0v) is 13.3. The third-order valence-corrected chi connectivity index (χ3v) is 3.99. The van der Waals surface area contributed by atoms with Crippen LogP contribution >= 0.6 is 0 Å². The van der Waals surface area contributed by atoms with Crippen LogP contribution in [0.5, 0.6) is 0 Å². The summed E-state index contributed by atoms with van der Waals surface area (Å²) < 4.78 is 0. The molecule has 0 bridgehead atoms. The molecule has 2 heterocycles. The largest absolute Gasteiger partial charge is 0.383 e. The summed E-state index contributed by atoms with van der Waals surface area (Å²) in [5.74, 6) is 7.18. The molecule has 5 nitrogen and oxygen atoms in total. The SMILES string of the molecule is Nc1nccc(-c2ccc3[nH]nc(N)c3c2)c1C#Cc1ccccc1. The lowest BCUT2D eigenvalue weighted by atomic mass is 9.99. The van der Waals surface area contributed by atoms with E-state index in [-0.39, 0.29) is 0 Å². The smallest absolute Gasteiger partial charge is 0.153 e. The molecule has 5 heteroatoms. The fourth-order valence-electron chi connectivity index (χ4n) is 2.71. The van der Waals surface area contributed by atoms with Gasteiger partial charge in [0.05, 0.1) is 11.1 Å². The van der Waals surface area contributed by atoms with E-state index in [0.717, 1.165) is 27.6 Å². The number of pyridine rings is 1. The third-order valence-electron chi connectivity index (χ3n) is 3.99. The van der Waals surface area contributed by atoms with E-state index < -0.39 is 0 Å². The van der Waals surface area contributed by atoms with Gasteiger partial charge in [0.25, 0.3) is 0 Å². The van der Waals surface area contributed by atoms with Gasteiger partial charge in [-0.05, 0) is 35.9 Å². The molecule has 5 N–H and O–H groups in total. The minimum atomic E-state index is 0.404. The van der Waals surface area contributed by atoms with Crippen LogP contribution in [0.2, 0.25) is 0 Å². The zero-order chi connectivity index (χ0) is 17.2. The minimum absolute atomic E-state index is 0.404. The second-order valence-electron chi connectivity index (χ2n) is 5.60. The summed E-state index contributed by atoms with van der Waals surface area (Å²) in [4.78, 5) is 4.18. The van der Waals surface area contributed by atoms with Gasteiger partial charge in [0, 0.05) is 22.7 Å². The van der Waals surface area contributed by atoms with E-state index in [0.29, 0.717) is 17.2 Å². The van der Waals surface area contributed by atoms with Gasteiger partial charge in [0.1, 0.15) is 5.82 Å². The lowest BCUT2D eigenvalue weighted by Crippen LogP contribution is -1.97. The Morgan fingerprint density at radius 1 is 0.880 bits per heavy atom. The molecular formula is C20H15N5. The number of nitrogens with one attached hydrogen (secondary N) is 1. The highest BCUT2D eigenvalue weighted by Crippen LogP contribution is 2.30. The molecule has 0 unspecified atom stereocenters. The highest BCUT2D eigenvalue weighted by Gasteiger charge is 2.10. The van der Waals surface area contributed by atoms with E-state index >= 15 is 0 Å². The molecule has 0 aliphatic rings. The highest BCUT2D eigenvalue weighted by molar-refractivity contribution is 5.93. The van der Waals surface area contributed by atoms with Gasteiger partial charge in [0.15, 0.2) is 5.82 Å². The number of nitrogen functional groups attached to an aromatic ring is 2. The van der Waals surface area contributed by atoms with Crippen molar-refractivity contribution in [3.8, 4) is 23.0 Å². The van der Waals surface area contributed by atoms with Gasteiger partial charge < -0.3 is 11.5 Å². The number of aromatic amines is 1. The molecule has 2 aromatic heterocycles. The normalized spacial score (nSPS) is 10.4. The second-order valence-corrected chi connectivity index (χ2v) is 5.60. The first-order valence-corrected chi connectivity index (χ1v) is 7.78. The van der Waals surface area contributed by atoms with E-state index in [1.807, 2.05) is 54.6 Å². The fourth-order valence-corrected chi connectivity index (χ4v) is 2.71. The number of aromatic nitrogens is 3. The first-order valence-electron chi connectivity index (χ1n) is 7.78. The van der Waals surface area contributed by atoms with Gasteiger partial charge in [-0.2, -0.15) is 5.10 Å². The van der Waals surface area contributed by atoms with Crippen LogP contribution in [-0.2, 0) is 0 Å². The summed E-state index contributed by atoms with van der Waals surface area (Å²) in [5.41, 5.74) is 16.4. The van der Waals surface area contributed by atoms with Crippen LogP contribution in [0, 0.1) is 11.8 Å².